The Kier molecular flexibility index (Phi) is 3.76. The van der Waals surface area contributed by atoms with Crippen LogP contribution in [0.15, 0.2) is 30.3 Å². The van der Waals surface area contributed by atoms with Crippen molar-refractivity contribution in [3.8, 4) is 0 Å². The summed E-state index contributed by atoms with van der Waals surface area (Å²) < 4.78 is 0. The first-order valence-electron chi connectivity index (χ1n) is 5.58. The SMILES string of the molecule is CC(C)(NC(=O)C(C)(N)c1ccccc1)C(=O)O. The third-order valence-electron chi connectivity index (χ3n) is 2.81. The molecular weight excluding hydrogens is 232 g/mol. The van der Waals surface area contributed by atoms with Crippen LogP contribution in [-0.4, -0.2) is 22.5 Å². The number of hydrogen-bond donors (Lipinski definition) is 3. The van der Waals surface area contributed by atoms with E-state index in [0.717, 1.165) is 0 Å². The molecule has 0 aliphatic rings. The summed E-state index contributed by atoms with van der Waals surface area (Å²) in [6, 6.07) is 8.82. The van der Waals surface area contributed by atoms with Crippen LogP contribution in [-0.2, 0) is 15.1 Å². The number of carboxylic acids is 1. The number of hydrogen-bond acceptors (Lipinski definition) is 3. The van der Waals surface area contributed by atoms with Gasteiger partial charge in [0.25, 0.3) is 0 Å². The predicted molar refractivity (Wildman–Crippen MR) is 67.8 cm³/mol. The van der Waals surface area contributed by atoms with Crippen LogP contribution in [0, 0.1) is 0 Å². The maximum absolute atomic E-state index is 12.1. The molecule has 0 aromatic heterocycles. The van der Waals surface area contributed by atoms with E-state index in [1.54, 1.807) is 31.2 Å². The molecule has 1 unspecified atom stereocenters. The Morgan fingerprint density at radius 1 is 1.17 bits per heavy atom. The second-order valence-electron chi connectivity index (χ2n) is 4.95. The van der Waals surface area contributed by atoms with Crippen molar-refractivity contribution in [1.82, 2.24) is 5.32 Å². The first-order chi connectivity index (χ1) is 8.18. The lowest BCUT2D eigenvalue weighted by molar-refractivity contribution is -0.146. The molecule has 5 nitrogen and oxygen atoms in total. The average Bonchev–Trinajstić information content (AvgIpc) is 2.29. The Labute approximate surface area is 106 Å². The molecule has 0 spiro atoms. The number of carbonyl (C=O) groups excluding carboxylic acids is 1. The van der Waals surface area contributed by atoms with Crippen molar-refractivity contribution in [2.24, 2.45) is 5.73 Å². The standard InChI is InChI=1S/C13H18N2O3/c1-12(2,11(17)18)15-10(16)13(3,14)9-7-5-4-6-8-9/h4-8H,14H2,1-3H3,(H,15,16)(H,17,18). The highest BCUT2D eigenvalue weighted by molar-refractivity contribution is 5.92. The minimum Gasteiger partial charge on any atom is -0.480 e. The lowest BCUT2D eigenvalue weighted by Crippen LogP contribution is -2.58. The van der Waals surface area contributed by atoms with Gasteiger partial charge in [-0.15, -0.1) is 0 Å². The summed E-state index contributed by atoms with van der Waals surface area (Å²) >= 11 is 0. The topological polar surface area (TPSA) is 92.4 Å². The minimum atomic E-state index is -1.35. The Balaban J connectivity index is 2.94. The molecule has 5 heteroatoms. The highest BCUT2D eigenvalue weighted by Gasteiger charge is 2.37. The average molecular weight is 250 g/mol. The Hall–Kier alpha value is -1.88. The van der Waals surface area contributed by atoms with Gasteiger partial charge >= 0.3 is 5.97 Å². The molecule has 1 rings (SSSR count). The molecule has 1 atom stereocenters. The molecule has 4 N–H and O–H groups in total. The number of aliphatic carboxylic acids is 1. The molecule has 1 aromatic carbocycles. The molecule has 98 valence electrons. The van der Waals surface area contributed by atoms with Crippen LogP contribution in [0.5, 0.6) is 0 Å². The van der Waals surface area contributed by atoms with Gasteiger partial charge in [0.05, 0.1) is 0 Å². The van der Waals surface area contributed by atoms with Gasteiger partial charge in [-0.25, -0.2) is 4.79 Å². The van der Waals surface area contributed by atoms with Crippen molar-refractivity contribution in [2.45, 2.75) is 31.8 Å². The van der Waals surface area contributed by atoms with Crippen LogP contribution in [0.3, 0.4) is 0 Å². The van der Waals surface area contributed by atoms with Gasteiger partial charge in [-0.05, 0) is 26.3 Å². The lowest BCUT2D eigenvalue weighted by Gasteiger charge is -2.29. The molecule has 0 saturated heterocycles. The monoisotopic (exact) mass is 250 g/mol. The number of carboxylic acid groups (broad SMARTS) is 1. The van der Waals surface area contributed by atoms with E-state index < -0.39 is 23.0 Å². The zero-order chi connectivity index (χ0) is 14.0. The van der Waals surface area contributed by atoms with Crippen LogP contribution in [0.4, 0.5) is 0 Å². The van der Waals surface area contributed by atoms with E-state index in [1.165, 1.54) is 13.8 Å². The first-order valence-corrected chi connectivity index (χ1v) is 5.58. The quantitative estimate of drug-likeness (QED) is 0.738. The summed E-state index contributed by atoms with van der Waals surface area (Å²) in [7, 11) is 0. The van der Waals surface area contributed by atoms with Gasteiger partial charge < -0.3 is 16.2 Å². The summed E-state index contributed by atoms with van der Waals surface area (Å²) in [6.45, 7) is 4.37. The highest BCUT2D eigenvalue weighted by Crippen LogP contribution is 2.18. The maximum Gasteiger partial charge on any atom is 0.328 e. The second-order valence-corrected chi connectivity index (χ2v) is 4.95. The number of carbonyl (C=O) groups is 2. The highest BCUT2D eigenvalue weighted by atomic mass is 16.4. The molecule has 0 fully saturated rings. The van der Waals surface area contributed by atoms with E-state index in [4.69, 9.17) is 10.8 Å². The normalized spacial score (nSPS) is 14.7. The fourth-order valence-corrected chi connectivity index (χ4v) is 1.38. The summed E-state index contributed by atoms with van der Waals surface area (Å²) in [4.78, 5) is 23.1. The van der Waals surface area contributed by atoms with Crippen molar-refractivity contribution >= 4 is 11.9 Å². The summed E-state index contributed by atoms with van der Waals surface area (Å²) in [6.07, 6.45) is 0. The summed E-state index contributed by atoms with van der Waals surface area (Å²) in [5.74, 6) is -1.64. The van der Waals surface area contributed by atoms with E-state index in [9.17, 15) is 9.59 Å². The third-order valence-corrected chi connectivity index (χ3v) is 2.81. The van der Waals surface area contributed by atoms with Crippen molar-refractivity contribution in [1.29, 1.82) is 0 Å². The van der Waals surface area contributed by atoms with Crippen molar-refractivity contribution in [3.05, 3.63) is 35.9 Å². The summed E-state index contributed by atoms with van der Waals surface area (Å²) in [5.41, 5.74) is 3.99. The van der Waals surface area contributed by atoms with Crippen molar-refractivity contribution < 1.29 is 14.7 Å². The predicted octanol–water partition coefficient (Wildman–Crippen LogP) is 0.840. The molecule has 0 bridgehead atoms. The molecule has 0 heterocycles. The van der Waals surface area contributed by atoms with E-state index in [-0.39, 0.29) is 0 Å². The van der Waals surface area contributed by atoms with Crippen LogP contribution >= 0.6 is 0 Å². The molecular formula is C13H18N2O3. The molecule has 0 aliphatic carbocycles. The van der Waals surface area contributed by atoms with Crippen LogP contribution in [0.25, 0.3) is 0 Å². The third kappa shape index (κ3) is 2.87. The van der Waals surface area contributed by atoms with Crippen molar-refractivity contribution in [3.63, 3.8) is 0 Å². The molecule has 0 aliphatic heterocycles. The van der Waals surface area contributed by atoms with E-state index in [0.29, 0.717) is 5.56 Å². The molecule has 18 heavy (non-hydrogen) atoms. The zero-order valence-electron chi connectivity index (χ0n) is 10.7. The zero-order valence-corrected chi connectivity index (χ0v) is 10.7. The Morgan fingerprint density at radius 3 is 2.11 bits per heavy atom. The van der Waals surface area contributed by atoms with Gasteiger partial charge in [0.15, 0.2) is 0 Å². The van der Waals surface area contributed by atoms with Gasteiger partial charge in [-0.3, -0.25) is 4.79 Å². The van der Waals surface area contributed by atoms with Gasteiger partial charge in [-0.2, -0.15) is 0 Å². The smallest absolute Gasteiger partial charge is 0.328 e. The lowest BCUT2D eigenvalue weighted by atomic mass is 9.91. The maximum atomic E-state index is 12.1. The Bertz CT molecular complexity index is 453. The molecule has 0 saturated carbocycles. The fourth-order valence-electron chi connectivity index (χ4n) is 1.38. The van der Waals surface area contributed by atoms with E-state index >= 15 is 0 Å². The molecule has 1 amide bonds. The largest absolute Gasteiger partial charge is 0.480 e. The van der Waals surface area contributed by atoms with Crippen LogP contribution in [0.1, 0.15) is 26.3 Å². The van der Waals surface area contributed by atoms with Crippen molar-refractivity contribution in [2.75, 3.05) is 0 Å². The number of rotatable bonds is 4. The summed E-state index contributed by atoms with van der Waals surface area (Å²) in [5, 5.41) is 11.4. The van der Waals surface area contributed by atoms with E-state index in [2.05, 4.69) is 5.32 Å². The number of amides is 1. The Morgan fingerprint density at radius 2 is 1.67 bits per heavy atom. The number of benzene rings is 1. The van der Waals surface area contributed by atoms with Crippen LogP contribution < -0.4 is 11.1 Å². The van der Waals surface area contributed by atoms with Gasteiger partial charge in [0, 0.05) is 0 Å². The number of nitrogens with one attached hydrogen (secondary N) is 1. The van der Waals surface area contributed by atoms with Gasteiger partial charge in [0.1, 0.15) is 11.1 Å². The van der Waals surface area contributed by atoms with Gasteiger partial charge in [0.2, 0.25) is 5.91 Å². The first kappa shape index (κ1) is 14.2. The van der Waals surface area contributed by atoms with Crippen LogP contribution in [0.2, 0.25) is 0 Å². The van der Waals surface area contributed by atoms with E-state index in [1.807, 2.05) is 6.07 Å². The number of nitrogens with two attached hydrogens (primary N) is 1. The second kappa shape index (κ2) is 4.78. The molecule has 0 radical (unpaired) electrons. The minimum absolute atomic E-state index is 0.527. The molecule has 1 aromatic rings. The van der Waals surface area contributed by atoms with Gasteiger partial charge in [-0.1, -0.05) is 30.3 Å². The fraction of sp³-hybridized carbons (Fsp3) is 0.385.